The summed E-state index contributed by atoms with van der Waals surface area (Å²) in [5.74, 6) is 2.08. The Morgan fingerprint density at radius 1 is 1.05 bits per heavy atom. The van der Waals surface area contributed by atoms with Gasteiger partial charge in [0.15, 0.2) is 0 Å². The second-order valence-electron chi connectivity index (χ2n) is 6.79. The van der Waals surface area contributed by atoms with Crippen LogP contribution in [0.4, 0.5) is 5.82 Å². The molecule has 0 N–H and O–H groups in total. The van der Waals surface area contributed by atoms with E-state index in [1.807, 2.05) is 6.92 Å². The van der Waals surface area contributed by atoms with Gasteiger partial charge in [0, 0.05) is 50.4 Å². The average molecular weight is 303 g/mol. The molecule has 4 rings (SSSR count). The van der Waals surface area contributed by atoms with Gasteiger partial charge in [-0.3, -0.25) is 0 Å². The van der Waals surface area contributed by atoms with Crippen LogP contribution in [-0.4, -0.2) is 48.5 Å². The van der Waals surface area contributed by atoms with Crippen LogP contribution in [0.1, 0.15) is 42.8 Å². The molecule has 1 aromatic rings. The lowest BCUT2D eigenvalue weighted by Crippen LogP contribution is -2.55. The lowest BCUT2D eigenvalue weighted by atomic mass is 9.91. The number of fused-ring (bicyclic) bond motifs is 1. The molecule has 0 aromatic carbocycles. The number of aryl methyl sites for hydroxylation is 2. The van der Waals surface area contributed by atoms with Gasteiger partial charge in [-0.05, 0) is 32.6 Å². The number of hydrogen-bond donors (Lipinski definition) is 0. The standard InChI is InChI=1S/C17H25N3O2/c1-13-18-15-5-3-2-4-14(15)16(19-13)20-8-11-22-17(12-20)6-9-21-10-7-17/h2-12H2,1H3. The Bertz CT molecular complexity index is 550. The molecule has 3 aliphatic rings. The van der Waals surface area contributed by atoms with Crippen molar-refractivity contribution in [3.63, 3.8) is 0 Å². The second kappa shape index (κ2) is 5.78. The fraction of sp³-hybridized carbons (Fsp3) is 0.765. The first-order chi connectivity index (χ1) is 10.8. The molecule has 2 saturated heterocycles. The molecule has 0 unspecified atom stereocenters. The van der Waals surface area contributed by atoms with Crippen molar-refractivity contribution in [3.05, 3.63) is 17.1 Å². The normalized spacial score (nSPS) is 24.3. The number of rotatable bonds is 1. The van der Waals surface area contributed by atoms with Crippen LogP contribution in [-0.2, 0) is 22.3 Å². The van der Waals surface area contributed by atoms with E-state index in [2.05, 4.69) is 9.88 Å². The first-order valence-electron chi connectivity index (χ1n) is 8.59. The van der Waals surface area contributed by atoms with Crippen LogP contribution in [0.15, 0.2) is 0 Å². The Labute approximate surface area is 132 Å². The van der Waals surface area contributed by atoms with Crippen LogP contribution in [0.5, 0.6) is 0 Å². The largest absolute Gasteiger partial charge is 0.381 e. The summed E-state index contributed by atoms with van der Waals surface area (Å²) in [4.78, 5) is 12.0. The predicted molar refractivity (Wildman–Crippen MR) is 84.4 cm³/mol. The first kappa shape index (κ1) is 14.4. The summed E-state index contributed by atoms with van der Waals surface area (Å²) in [5, 5.41) is 0. The number of morpholine rings is 1. The van der Waals surface area contributed by atoms with Gasteiger partial charge in [0.25, 0.3) is 0 Å². The van der Waals surface area contributed by atoms with E-state index < -0.39 is 0 Å². The van der Waals surface area contributed by atoms with E-state index in [0.717, 1.165) is 64.4 Å². The molecule has 0 radical (unpaired) electrons. The second-order valence-corrected chi connectivity index (χ2v) is 6.79. The maximum atomic E-state index is 6.17. The Morgan fingerprint density at radius 2 is 1.86 bits per heavy atom. The molecule has 120 valence electrons. The molecule has 0 amide bonds. The van der Waals surface area contributed by atoms with Crippen LogP contribution < -0.4 is 4.90 Å². The van der Waals surface area contributed by atoms with Gasteiger partial charge in [-0.25, -0.2) is 9.97 Å². The summed E-state index contributed by atoms with van der Waals surface area (Å²) in [5.41, 5.74) is 2.64. The molecule has 1 spiro atoms. The monoisotopic (exact) mass is 303 g/mol. The summed E-state index contributed by atoms with van der Waals surface area (Å²) < 4.78 is 11.7. The molecule has 1 aromatic heterocycles. The minimum Gasteiger partial charge on any atom is -0.381 e. The van der Waals surface area contributed by atoms with Crippen molar-refractivity contribution >= 4 is 5.82 Å². The number of ether oxygens (including phenoxy) is 2. The van der Waals surface area contributed by atoms with Crippen molar-refractivity contribution in [3.8, 4) is 0 Å². The molecule has 0 atom stereocenters. The number of aromatic nitrogens is 2. The highest BCUT2D eigenvalue weighted by Crippen LogP contribution is 2.34. The average Bonchev–Trinajstić information content (AvgIpc) is 2.55. The zero-order valence-corrected chi connectivity index (χ0v) is 13.4. The molecule has 1 aliphatic carbocycles. The first-order valence-corrected chi connectivity index (χ1v) is 8.59. The Balaban J connectivity index is 1.65. The lowest BCUT2D eigenvalue weighted by Gasteiger charge is -2.45. The minimum atomic E-state index is -0.0308. The van der Waals surface area contributed by atoms with E-state index in [0.29, 0.717) is 0 Å². The molecular formula is C17H25N3O2. The Hall–Kier alpha value is -1.20. The van der Waals surface area contributed by atoms with Gasteiger partial charge >= 0.3 is 0 Å². The summed E-state index contributed by atoms with van der Waals surface area (Å²) in [6.07, 6.45) is 6.74. The number of anilines is 1. The molecule has 0 bridgehead atoms. The summed E-state index contributed by atoms with van der Waals surface area (Å²) in [6, 6.07) is 0. The maximum absolute atomic E-state index is 6.17. The van der Waals surface area contributed by atoms with Crippen LogP contribution in [0.3, 0.4) is 0 Å². The number of nitrogens with zero attached hydrogens (tertiary/aromatic N) is 3. The maximum Gasteiger partial charge on any atom is 0.135 e. The van der Waals surface area contributed by atoms with E-state index in [1.165, 1.54) is 29.9 Å². The van der Waals surface area contributed by atoms with Crippen LogP contribution in [0, 0.1) is 6.92 Å². The van der Waals surface area contributed by atoms with Gasteiger partial charge in [0.1, 0.15) is 11.6 Å². The van der Waals surface area contributed by atoms with E-state index in [9.17, 15) is 0 Å². The summed E-state index contributed by atoms with van der Waals surface area (Å²) in [7, 11) is 0. The van der Waals surface area contributed by atoms with Crippen molar-refractivity contribution in [1.82, 2.24) is 9.97 Å². The van der Waals surface area contributed by atoms with E-state index in [4.69, 9.17) is 14.5 Å². The molecule has 0 saturated carbocycles. The molecule has 22 heavy (non-hydrogen) atoms. The molecule has 5 heteroatoms. The predicted octanol–water partition coefficient (Wildman–Crippen LogP) is 2.05. The topological polar surface area (TPSA) is 47.5 Å². The van der Waals surface area contributed by atoms with Gasteiger partial charge in [0.2, 0.25) is 0 Å². The van der Waals surface area contributed by atoms with Gasteiger partial charge in [-0.2, -0.15) is 0 Å². The third-order valence-electron chi connectivity index (χ3n) is 5.23. The van der Waals surface area contributed by atoms with Crippen molar-refractivity contribution in [2.45, 2.75) is 51.0 Å². The highest BCUT2D eigenvalue weighted by Gasteiger charge is 2.39. The highest BCUT2D eigenvalue weighted by molar-refractivity contribution is 5.51. The third-order valence-corrected chi connectivity index (χ3v) is 5.23. The van der Waals surface area contributed by atoms with Gasteiger partial charge in [-0.15, -0.1) is 0 Å². The van der Waals surface area contributed by atoms with Gasteiger partial charge in [0.05, 0.1) is 12.2 Å². The highest BCUT2D eigenvalue weighted by atomic mass is 16.5. The molecule has 3 heterocycles. The Morgan fingerprint density at radius 3 is 2.73 bits per heavy atom. The molecule has 2 fully saturated rings. The zero-order chi connectivity index (χ0) is 15.0. The summed E-state index contributed by atoms with van der Waals surface area (Å²) >= 11 is 0. The van der Waals surface area contributed by atoms with Crippen LogP contribution in [0.2, 0.25) is 0 Å². The van der Waals surface area contributed by atoms with Crippen molar-refractivity contribution < 1.29 is 9.47 Å². The molecule has 2 aliphatic heterocycles. The molecular weight excluding hydrogens is 278 g/mol. The van der Waals surface area contributed by atoms with Crippen molar-refractivity contribution in [1.29, 1.82) is 0 Å². The minimum absolute atomic E-state index is 0.0308. The van der Waals surface area contributed by atoms with Crippen LogP contribution >= 0.6 is 0 Å². The molecule has 5 nitrogen and oxygen atoms in total. The van der Waals surface area contributed by atoms with Gasteiger partial charge < -0.3 is 14.4 Å². The van der Waals surface area contributed by atoms with Crippen molar-refractivity contribution in [2.24, 2.45) is 0 Å². The third kappa shape index (κ3) is 2.61. The lowest BCUT2D eigenvalue weighted by molar-refractivity contribution is -0.116. The smallest absolute Gasteiger partial charge is 0.135 e. The van der Waals surface area contributed by atoms with Gasteiger partial charge in [-0.1, -0.05) is 0 Å². The summed E-state index contributed by atoms with van der Waals surface area (Å²) in [6.45, 7) is 6.31. The van der Waals surface area contributed by atoms with Crippen molar-refractivity contribution in [2.75, 3.05) is 37.8 Å². The SMILES string of the molecule is Cc1nc2c(c(N3CCOC4(CCOCC4)C3)n1)CCCC2. The van der Waals surface area contributed by atoms with Crippen LogP contribution in [0.25, 0.3) is 0 Å². The van der Waals surface area contributed by atoms with E-state index in [1.54, 1.807) is 0 Å². The fourth-order valence-electron chi connectivity index (χ4n) is 4.03. The van der Waals surface area contributed by atoms with E-state index in [-0.39, 0.29) is 5.60 Å². The van der Waals surface area contributed by atoms with E-state index >= 15 is 0 Å². The quantitative estimate of drug-likeness (QED) is 0.794. The number of hydrogen-bond acceptors (Lipinski definition) is 5. The fourth-order valence-corrected chi connectivity index (χ4v) is 4.03. The zero-order valence-electron chi connectivity index (χ0n) is 13.4. The Kier molecular flexibility index (Phi) is 3.78.